The van der Waals surface area contributed by atoms with Crippen molar-refractivity contribution in [2.75, 3.05) is 6.54 Å². The highest BCUT2D eigenvalue weighted by Crippen LogP contribution is 2.26. The van der Waals surface area contributed by atoms with Gasteiger partial charge in [-0.05, 0) is 12.8 Å². The minimum atomic E-state index is -0.603. The Balaban J connectivity index is 2.51. The van der Waals surface area contributed by atoms with E-state index in [9.17, 15) is 9.59 Å². The van der Waals surface area contributed by atoms with E-state index in [0.717, 1.165) is 10.7 Å². The Bertz CT molecular complexity index is 549. The number of carbonyl (C=O) groups is 2. The van der Waals surface area contributed by atoms with Gasteiger partial charge in [0.15, 0.2) is 0 Å². The molecule has 1 aromatic heterocycles. The summed E-state index contributed by atoms with van der Waals surface area (Å²) < 4.78 is 0. The molecule has 0 aromatic carbocycles. The Morgan fingerprint density at radius 2 is 1.91 bits per heavy atom. The Labute approximate surface area is 142 Å². The van der Waals surface area contributed by atoms with Crippen molar-refractivity contribution in [2.45, 2.75) is 59.0 Å². The first-order valence-electron chi connectivity index (χ1n) is 7.81. The van der Waals surface area contributed by atoms with Gasteiger partial charge in [0, 0.05) is 10.8 Å². The maximum atomic E-state index is 11.9. The van der Waals surface area contributed by atoms with Crippen molar-refractivity contribution in [2.24, 2.45) is 11.7 Å². The average molecular weight is 340 g/mol. The summed E-state index contributed by atoms with van der Waals surface area (Å²) in [6.45, 7) is 11.8. The summed E-state index contributed by atoms with van der Waals surface area (Å²) in [5.41, 5.74) is 6.72. The quantitative estimate of drug-likeness (QED) is 0.734. The molecule has 23 heavy (non-hydrogen) atoms. The Hall–Kier alpha value is -1.47. The van der Waals surface area contributed by atoms with Gasteiger partial charge in [-0.2, -0.15) is 0 Å². The van der Waals surface area contributed by atoms with Crippen molar-refractivity contribution in [3.8, 4) is 0 Å². The zero-order chi connectivity index (χ0) is 17.8. The number of nitrogens with zero attached hydrogens (tertiary/aromatic N) is 1. The van der Waals surface area contributed by atoms with E-state index in [2.05, 4.69) is 36.4 Å². The lowest BCUT2D eigenvalue weighted by Crippen LogP contribution is -2.47. The number of nitrogens with one attached hydrogen (secondary N) is 2. The molecular weight excluding hydrogens is 312 g/mol. The predicted molar refractivity (Wildman–Crippen MR) is 93.2 cm³/mol. The minimum Gasteiger partial charge on any atom is -0.346 e. The van der Waals surface area contributed by atoms with E-state index >= 15 is 0 Å². The summed E-state index contributed by atoms with van der Waals surface area (Å²) >= 11 is 1.53. The highest BCUT2D eigenvalue weighted by atomic mass is 32.1. The molecule has 7 heteroatoms. The van der Waals surface area contributed by atoms with Gasteiger partial charge in [0.1, 0.15) is 5.01 Å². The smallest absolute Gasteiger partial charge is 0.239 e. The number of nitrogens with two attached hydrogens (primary N) is 1. The van der Waals surface area contributed by atoms with Crippen molar-refractivity contribution in [1.82, 2.24) is 15.6 Å². The van der Waals surface area contributed by atoms with Crippen LogP contribution < -0.4 is 16.4 Å². The molecule has 2 atom stereocenters. The summed E-state index contributed by atoms with van der Waals surface area (Å²) in [6.07, 6.45) is 0. The summed E-state index contributed by atoms with van der Waals surface area (Å²) in [4.78, 5) is 28.2. The average Bonchev–Trinajstić information content (AvgIpc) is 2.93. The molecule has 1 unspecified atom stereocenters. The van der Waals surface area contributed by atoms with Crippen LogP contribution in [-0.4, -0.2) is 29.4 Å². The highest BCUT2D eigenvalue weighted by molar-refractivity contribution is 7.09. The fourth-order valence-corrected chi connectivity index (χ4v) is 2.83. The van der Waals surface area contributed by atoms with Crippen LogP contribution in [0.2, 0.25) is 0 Å². The molecule has 0 aliphatic rings. The zero-order valence-electron chi connectivity index (χ0n) is 14.8. The van der Waals surface area contributed by atoms with E-state index in [4.69, 9.17) is 5.73 Å². The van der Waals surface area contributed by atoms with Crippen molar-refractivity contribution >= 4 is 23.2 Å². The summed E-state index contributed by atoms with van der Waals surface area (Å²) in [5.74, 6) is -0.537. The lowest BCUT2D eigenvalue weighted by atomic mass is 9.93. The van der Waals surface area contributed by atoms with Crippen molar-refractivity contribution < 1.29 is 9.59 Å². The van der Waals surface area contributed by atoms with Crippen LogP contribution in [0.25, 0.3) is 0 Å². The van der Waals surface area contributed by atoms with Gasteiger partial charge in [-0.15, -0.1) is 11.3 Å². The maximum absolute atomic E-state index is 11.9. The Kier molecular flexibility index (Phi) is 6.70. The van der Waals surface area contributed by atoms with E-state index in [1.165, 1.54) is 11.3 Å². The van der Waals surface area contributed by atoms with Gasteiger partial charge in [0.25, 0.3) is 0 Å². The number of hydrogen-bond donors (Lipinski definition) is 3. The monoisotopic (exact) mass is 340 g/mol. The SMILES string of the molecule is CC(NC(=O)CNC(=O)[C@@H](N)C(C)C)c1nc(C(C)(C)C)cs1. The molecule has 1 aromatic rings. The molecule has 0 radical (unpaired) electrons. The standard InChI is InChI=1S/C16H28N4O2S/c1-9(2)13(17)14(22)18-7-12(21)19-10(3)15-20-11(8-23-15)16(4,5)6/h8-10,13H,7,17H2,1-6H3,(H,18,22)(H,19,21)/t10?,13-/m0/s1. The highest BCUT2D eigenvalue weighted by Gasteiger charge is 2.21. The maximum Gasteiger partial charge on any atom is 0.239 e. The summed E-state index contributed by atoms with van der Waals surface area (Å²) in [6, 6.07) is -0.798. The van der Waals surface area contributed by atoms with Gasteiger partial charge < -0.3 is 16.4 Å². The largest absolute Gasteiger partial charge is 0.346 e. The number of carbonyl (C=O) groups excluding carboxylic acids is 2. The van der Waals surface area contributed by atoms with E-state index in [-0.39, 0.29) is 35.7 Å². The Morgan fingerprint density at radius 1 is 1.30 bits per heavy atom. The third kappa shape index (κ3) is 5.91. The molecule has 6 nitrogen and oxygen atoms in total. The van der Waals surface area contributed by atoms with Gasteiger partial charge in [0.2, 0.25) is 11.8 Å². The normalized spacial score (nSPS) is 14.4. The van der Waals surface area contributed by atoms with Crippen LogP contribution in [-0.2, 0) is 15.0 Å². The van der Waals surface area contributed by atoms with Gasteiger partial charge in [-0.25, -0.2) is 4.98 Å². The zero-order valence-corrected chi connectivity index (χ0v) is 15.6. The second-order valence-electron chi connectivity index (χ2n) is 7.10. The number of amides is 2. The molecule has 0 saturated carbocycles. The number of aromatic nitrogens is 1. The fraction of sp³-hybridized carbons (Fsp3) is 0.688. The van der Waals surface area contributed by atoms with E-state index < -0.39 is 6.04 Å². The predicted octanol–water partition coefficient (Wildman–Crippen LogP) is 1.72. The third-order valence-corrected chi connectivity index (χ3v) is 4.51. The second kappa shape index (κ2) is 7.88. The molecule has 0 aliphatic carbocycles. The molecule has 0 fully saturated rings. The molecule has 2 amide bonds. The molecule has 1 heterocycles. The van der Waals surface area contributed by atoms with Crippen molar-refractivity contribution in [3.05, 3.63) is 16.1 Å². The molecular formula is C16H28N4O2S. The third-order valence-electron chi connectivity index (χ3n) is 3.48. The van der Waals surface area contributed by atoms with Crippen LogP contribution in [0, 0.1) is 5.92 Å². The summed E-state index contributed by atoms with van der Waals surface area (Å²) in [5, 5.41) is 8.27. The lowest BCUT2D eigenvalue weighted by molar-refractivity contribution is -0.127. The first-order chi connectivity index (χ1) is 10.5. The van der Waals surface area contributed by atoms with E-state index in [1.54, 1.807) is 0 Å². The molecule has 130 valence electrons. The van der Waals surface area contributed by atoms with Gasteiger partial charge in [-0.3, -0.25) is 9.59 Å². The molecule has 1 rings (SSSR count). The van der Waals surface area contributed by atoms with Crippen LogP contribution in [0.4, 0.5) is 0 Å². The number of thiazole rings is 1. The van der Waals surface area contributed by atoms with Crippen LogP contribution in [0.5, 0.6) is 0 Å². The first kappa shape index (κ1) is 19.6. The molecule has 4 N–H and O–H groups in total. The molecule has 0 aliphatic heterocycles. The van der Waals surface area contributed by atoms with Crippen LogP contribution in [0.15, 0.2) is 5.38 Å². The fourth-order valence-electron chi connectivity index (χ4n) is 1.77. The van der Waals surface area contributed by atoms with Gasteiger partial charge in [0.05, 0.1) is 24.3 Å². The lowest BCUT2D eigenvalue weighted by Gasteiger charge is -2.17. The van der Waals surface area contributed by atoms with Crippen LogP contribution >= 0.6 is 11.3 Å². The van der Waals surface area contributed by atoms with E-state index in [0.29, 0.717) is 0 Å². The first-order valence-corrected chi connectivity index (χ1v) is 8.69. The molecule has 0 spiro atoms. The Morgan fingerprint density at radius 3 is 2.39 bits per heavy atom. The minimum absolute atomic E-state index is 0.0144. The van der Waals surface area contributed by atoms with Gasteiger partial charge in [-0.1, -0.05) is 34.6 Å². The number of hydrogen-bond acceptors (Lipinski definition) is 5. The van der Waals surface area contributed by atoms with Crippen LogP contribution in [0.1, 0.15) is 58.3 Å². The van der Waals surface area contributed by atoms with Crippen molar-refractivity contribution in [3.63, 3.8) is 0 Å². The molecule has 0 bridgehead atoms. The van der Waals surface area contributed by atoms with E-state index in [1.807, 2.05) is 26.2 Å². The summed E-state index contributed by atoms with van der Waals surface area (Å²) in [7, 11) is 0. The molecule has 0 saturated heterocycles. The van der Waals surface area contributed by atoms with Crippen LogP contribution in [0.3, 0.4) is 0 Å². The van der Waals surface area contributed by atoms with Gasteiger partial charge >= 0.3 is 0 Å². The number of rotatable bonds is 6. The van der Waals surface area contributed by atoms with Crippen molar-refractivity contribution in [1.29, 1.82) is 0 Å². The second-order valence-corrected chi connectivity index (χ2v) is 7.99. The topological polar surface area (TPSA) is 97.1 Å².